The number of carbonyl (C=O) groups is 1. The van der Waals surface area contributed by atoms with Gasteiger partial charge in [0.25, 0.3) is 0 Å². The monoisotopic (exact) mass is 499 g/mol. The predicted octanol–water partition coefficient (Wildman–Crippen LogP) is 7.66. The van der Waals surface area contributed by atoms with Gasteiger partial charge in [-0.15, -0.1) is 0 Å². The van der Waals surface area contributed by atoms with Crippen molar-refractivity contribution in [1.82, 2.24) is 5.32 Å². The van der Waals surface area contributed by atoms with Gasteiger partial charge in [0.2, 0.25) is 5.91 Å². The summed E-state index contributed by atoms with van der Waals surface area (Å²) in [7, 11) is 0. The molecule has 0 aliphatic carbocycles. The Morgan fingerprint density at radius 2 is 1.22 bits per heavy atom. The van der Waals surface area contributed by atoms with Gasteiger partial charge in [0.05, 0.1) is 18.8 Å². The van der Waals surface area contributed by atoms with Crippen molar-refractivity contribution in [2.75, 3.05) is 6.61 Å². The van der Waals surface area contributed by atoms with Crippen molar-refractivity contribution in [2.24, 2.45) is 0 Å². The number of rotatable bonds is 23. The average molecular weight is 500 g/mol. The Morgan fingerprint density at radius 3 is 1.78 bits per heavy atom. The van der Waals surface area contributed by atoms with Crippen LogP contribution in [0.25, 0.3) is 0 Å². The third-order valence-electron chi connectivity index (χ3n) is 5.70. The molecule has 0 heterocycles. The Morgan fingerprint density at radius 1 is 0.694 bits per heavy atom. The zero-order valence-corrected chi connectivity index (χ0v) is 23.0. The molecule has 4 heteroatoms. The molecule has 2 unspecified atom stereocenters. The molecule has 0 saturated heterocycles. The van der Waals surface area contributed by atoms with Crippen LogP contribution in [0, 0.1) is 0 Å². The van der Waals surface area contributed by atoms with Crippen LogP contribution in [0.1, 0.15) is 104 Å². The summed E-state index contributed by atoms with van der Waals surface area (Å²) in [6, 6.07) is -0.650. The maximum absolute atomic E-state index is 12.1. The van der Waals surface area contributed by atoms with Gasteiger partial charge in [-0.2, -0.15) is 0 Å². The van der Waals surface area contributed by atoms with Gasteiger partial charge in [0.15, 0.2) is 0 Å². The summed E-state index contributed by atoms with van der Waals surface area (Å²) in [5.74, 6) is -0.131. The van der Waals surface area contributed by atoms with Gasteiger partial charge in [0, 0.05) is 6.42 Å². The lowest BCUT2D eigenvalue weighted by Gasteiger charge is -2.19. The van der Waals surface area contributed by atoms with Crippen molar-refractivity contribution in [2.45, 2.75) is 116 Å². The molecule has 0 bridgehead atoms. The number of hydrogen-bond donors (Lipinski definition) is 3. The highest BCUT2D eigenvalue weighted by Gasteiger charge is 2.17. The molecule has 0 spiro atoms. The molecule has 0 radical (unpaired) electrons. The van der Waals surface area contributed by atoms with Crippen LogP contribution in [0.5, 0.6) is 0 Å². The van der Waals surface area contributed by atoms with E-state index in [1.807, 2.05) is 6.08 Å². The Labute approximate surface area is 221 Å². The topological polar surface area (TPSA) is 69.6 Å². The molecule has 0 aliphatic heterocycles. The summed E-state index contributed by atoms with van der Waals surface area (Å²) in [4.78, 5) is 12.1. The highest BCUT2D eigenvalue weighted by Crippen LogP contribution is 2.07. The van der Waals surface area contributed by atoms with E-state index in [0.717, 1.165) is 57.8 Å². The van der Waals surface area contributed by atoms with Gasteiger partial charge >= 0.3 is 0 Å². The minimum atomic E-state index is -0.861. The maximum atomic E-state index is 12.1. The predicted molar refractivity (Wildman–Crippen MR) is 156 cm³/mol. The number of amides is 1. The third-order valence-corrected chi connectivity index (χ3v) is 5.70. The zero-order chi connectivity index (χ0) is 26.5. The van der Waals surface area contributed by atoms with E-state index in [-0.39, 0.29) is 12.5 Å². The summed E-state index contributed by atoms with van der Waals surface area (Å²) in [6.45, 7) is 4.07. The second-order valence-corrected chi connectivity index (χ2v) is 9.08. The number of unbranched alkanes of at least 4 members (excludes halogenated alkanes) is 6. The lowest BCUT2D eigenvalue weighted by atomic mass is 10.1. The summed E-state index contributed by atoms with van der Waals surface area (Å²) in [5.41, 5.74) is 0. The fourth-order valence-corrected chi connectivity index (χ4v) is 3.50. The SMILES string of the molecule is CC/C=C\C/C=C\C/C=C\C/C=C\C/C=C\CCCC(=O)NC(CO)C(O)/C=C/CCCCCCC. The molecule has 3 N–H and O–H groups in total. The number of allylic oxidation sites excluding steroid dienone is 11. The molecule has 0 aromatic carbocycles. The zero-order valence-electron chi connectivity index (χ0n) is 23.0. The molecule has 0 aliphatic rings. The lowest BCUT2D eigenvalue weighted by Crippen LogP contribution is -2.45. The Kier molecular flexibility index (Phi) is 25.8. The summed E-state index contributed by atoms with van der Waals surface area (Å²) >= 11 is 0. The molecule has 0 rings (SSSR count). The largest absolute Gasteiger partial charge is 0.394 e. The maximum Gasteiger partial charge on any atom is 0.220 e. The first kappa shape index (κ1) is 33.8. The third kappa shape index (κ3) is 23.6. The van der Waals surface area contributed by atoms with Crippen molar-refractivity contribution < 1.29 is 15.0 Å². The summed E-state index contributed by atoms with van der Waals surface area (Å²) < 4.78 is 0. The Bertz CT molecular complexity index is 673. The van der Waals surface area contributed by atoms with Gasteiger partial charge in [-0.25, -0.2) is 0 Å². The van der Waals surface area contributed by atoms with Crippen molar-refractivity contribution in [3.63, 3.8) is 0 Å². The van der Waals surface area contributed by atoms with Gasteiger partial charge in [-0.1, -0.05) is 112 Å². The smallest absolute Gasteiger partial charge is 0.220 e. The standard InChI is InChI=1S/C32H53NO3/c1-3-5-7-9-11-12-13-14-15-16-17-18-19-20-22-24-26-28-32(36)33-30(29-34)31(35)27-25-23-21-10-8-6-4-2/h5,7,11-12,14-15,17-18,20,22,25,27,30-31,34-35H,3-4,6,8-10,13,16,19,21,23-24,26,28-29H2,1-2H3,(H,33,36)/b7-5-,12-11-,15-14-,18-17-,22-20-,27-25+. The van der Waals surface area contributed by atoms with Crippen LogP contribution in [0.15, 0.2) is 72.9 Å². The minimum Gasteiger partial charge on any atom is -0.394 e. The van der Waals surface area contributed by atoms with Crippen LogP contribution in [0.4, 0.5) is 0 Å². The lowest BCUT2D eigenvalue weighted by molar-refractivity contribution is -0.122. The fourth-order valence-electron chi connectivity index (χ4n) is 3.50. The fraction of sp³-hybridized carbons (Fsp3) is 0.594. The molecule has 0 saturated carbocycles. The van der Waals surface area contributed by atoms with E-state index in [4.69, 9.17) is 0 Å². The average Bonchev–Trinajstić information content (AvgIpc) is 2.88. The van der Waals surface area contributed by atoms with E-state index in [1.54, 1.807) is 6.08 Å². The van der Waals surface area contributed by atoms with E-state index >= 15 is 0 Å². The molecule has 1 amide bonds. The van der Waals surface area contributed by atoms with Crippen molar-refractivity contribution >= 4 is 5.91 Å². The molecule has 4 nitrogen and oxygen atoms in total. The van der Waals surface area contributed by atoms with Crippen LogP contribution in [-0.2, 0) is 4.79 Å². The molecule has 204 valence electrons. The number of nitrogens with one attached hydrogen (secondary N) is 1. The number of carbonyl (C=O) groups excluding carboxylic acids is 1. The summed E-state index contributed by atoms with van der Waals surface area (Å²) in [6.07, 6.45) is 38.4. The first-order valence-electron chi connectivity index (χ1n) is 14.2. The van der Waals surface area contributed by atoms with Gasteiger partial charge in [-0.3, -0.25) is 4.79 Å². The van der Waals surface area contributed by atoms with Crippen LogP contribution >= 0.6 is 0 Å². The highest BCUT2D eigenvalue weighted by atomic mass is 16.3. The first-order valence-corrected chi connectivity index (χ1v) is 14.2. The second-order valence-electron chi connectivity index (χ2n) is 9.08. The second kappa shape index (κ2) is 27.4. The number of aliphatic hydroxyl groups is 2. The van der Waals surface area contributed by atoms with Gasteiger partial charge in [0.1, 0.15) is 0 Å². The molecule has 36 heavy (non-hydrogen) atoms. The van der Waals surface area contributed by atoms with Crippen molar-refractivity contribution in [1.29, 1.82) is 0 Å². The van der Waals surface area contributed by atoms with Crippen LogP contribution in [0.3, 0.4) is 0 Å². The quantitative estimate of drug-likeness (QED) is 0.0998. The molecule has 0 aromatic heterocycles. The van der Waals surface area contributed by atoms with E-state index in [0.29, 0.717) is 6.42 Å². The van der Waals surface area contributed by atoms with Gasteiger partial charge < -0.3 is 15.5 Å². The minimum absolute atomic E-state index is 0.131. The molecular formula is C32H53NO3. The van der Waals surface area contributed by atoms with Crippen LogP contribution < -0.4 is 5.32 Å². The highest BCUT2D eigenvalue weighted by molar-refractivity contribution is 5.76. The van der Waals surface area contributed by atoms with E-state index in [1.165, 1.54) is 25.7 Å². The molecule has 0 fully saturated rings. The Balaban J connectivity index is 3.87. The number of aliphatic hydroxyl groups excluding tert-OH is 2. The first-order chi connectivity index (χ1) is 17.7. The number of hydrogen-bond acceptors (Lipinski definition) is 3. The van der Waals surface area contributed by atoms with Crippen LogP contribution in [-0.4, -0.2) is 34.9 Å². The van der Waals surface area contributed by atoms with E-state index in [9.17, 15) is 15.0 Å². The summed E-state index contributed by atoms with van der Waals surface area (Å²) in [5, 5.41) is 22.5. The van der Waals surface area contributed by atoms with Crippen molar-refractivity contribution in [3.05, 3.63) is 72.9 Å². The van der Waals surface area contributed by atoms with E-state index < -0.39 is 12.1 Å². The van der Waals surface area contributed by atoms with E-state index in [2.05, 4.69) is 79.9 Å². The van der Waals surface area contributed by atoms with Crippen LogP contribution in [0.2, 0.25) is 0 Å². The molecule has 2 atom stereocenters. The van der Waals surface area contributed by atoms with Crippen molar-refractivity contribution in [3.8, 4) is 0 Å². The molecular weight excluding hydrogens is 446 g/mol. The Hall–Kier alpha value is -2.17. The molecule has 0 aromatic rings. The normalized spacial score (nSPS) is 14.4. The van der Waals surface area contributed by atoms with Gasteiger partial charge in [-0.05, 0) is 57.8 Å².